The summed E-state index contributed by atoms with van der Waals surface area (Å²) in [6.07, 6.45) is 0.219. The Balaban J connectivity index is 2.34. The third-order valence-electron chi connectivity index (χ3n) is 2.86. The molecule has 1 heterocycles. The largest absolute Gasteiger partial charge is 0.508 e. The van der Waals surface area contributed by atoms with E-state index in [4.69, 9.17) is 0 Å². The van der Waals surface area contributed by atoms with Gasteiger partial charge in [0.2, 0.25) is 0 Å². The molecule has 76 valence electrons. The molecule has 1 saturated heterocycles. The molecule has 0 saturated carbocycles. The molecular formula is C11H16N2O. The lowest BCUT2D eigenvalue weighted by atomic mass is 10.1. The van der Waals surface area contributed by atoms with Crippen LogP contribution >= 0.6 is 0 Å². The van der Waals surface area contributed by atoms with Crippen molar-refractivity contribution in [2.75, 3.05) is 27.2 Å². The van der Waals surface area contributed by atoms with Gasteiger partial charge >= 0.3 is 0 Å². The van der Waals surface area contributed by atoms with Crippen LogP contribution in [0, 0.1) is 0 Å². The molecule has 0 aromatic heterocycles. The van der Waals surface area contributed by atoms with Crippen LogP contribution in [0.25, 0.3) is 0 Å². The van der Waals surface area contributed by atoms with Crippen molar-refractivity contribution in [2.45, 2.75) is 6.17 Å². The fourth-order valence-corrected chi connectivity index (χ4v) is 2.08. The van der Waals surface area contributed by atoms with Gasteiger partial charge in [0.15, 0.2) is 0 Å². The van der Waals surface area contributed by atoms with Gasteiger partial charge in [-0.1, -0.05) is 18.2 Å². The molecule has 0 amide bonds. The lowest BCUT2D eigenvalue weighted by molar-refractivity contribution is 0.186. The number of rotatable bonds is 1. The van der Waals surface area contributed by atoms with E-state index in [1.165, 1.54) is 0 Å². The lowest BCUT2D eigenvalue weighted by Crippen LogP contribution is -2.25. The maximum absolute atomic E-state index is 9.75. The maximum atomic E-state index is 9.75. The highest BCUT2D eigenvalue weighted by Gasteiger charge is 2.29. The van der Waals surface area contributed by atoms with Gasteiger partial charge in [0.1, 0.15) is 5.75 Å². The molecule has 1 aliphatic heterocycles. The Kier molecular flexibility index (Phi) is 2.44. The fourth-order valence-electron chi connectivity index (χ4n) is 2.08. The molecule has 1 fully saturated rings. The van der Waals surface area contributed by atoms with Crippen molar-refractivity contribution in [1.29, 1.82) is 0 Å². The van der Waals surface area contributed by atoms with Gasteiger partial charge in [0.25, 0.3) is 0 Å². The SMILES string of the molecule is CN1CCN(C)C1c1ccccc1O. The Morgan fingerprint density at radius 3 is 2.29 bits per heavy atom. The number of phenols is 1. The van der Waals surface area contributed by atoms with Gasteiger partial charge in [-0.3, -0.25) is 9.80 Å². The van der Waals surface area contributed by atoms with E-state index in [9.17, 15) is 5.11 Å². The van der Waals surface area contributed by atoms with Crippen molar-refractivity contribution >= 4 is 0 Å². The van der Waals surface area contributed by atoms with Crippen LogP contribution in [0.3, 0.4) is 0 Å². The fraction of sp³-hybridized carbons (Fsp3) is 0.455. The molecular weight excluding hydrogens is 176 g/mol. The Morgan fingerprint density at radius 2 is 1.71 bits per heavy atom. The second kappa shape index (κ2) is 3.59. The third kappa shape index (κ3) is 1.49. The summed E-state index contributed by atoms with van der Waals surface area (Å²) in [4.78, 5) is 4.49. The Bertz CT molecular complexity index is 317. The first-order valence-electron chi connectivity index (χ1n) is 4.88. The molecule has 0 radical (unpaired) electrons. The molecule has 0 bridgehead atoms. The number of benzene rings is 1. The zero-order chi connectivity index (χ0) is 10.1. The van der Waals surface area contributed by atoms with Crippen molar-refractivity contribution < 1.29 is 5.11 Å². The molecule has 0 unspecified atom stereocenters. The molecule has 1 aliphatic rings. The van der Waals surface area contributed by atoms with Crippen LogP contribution in [0.15, 0.2) is 24.3 Å². The van der Waals surface area contributed by atoms with E-state index < -0.39 is 0 Å². The number of aromatic hydroxyl groups is 1. The lowest BCUT2D eigenvalue weighted by Gasteiger charge is -2.25. The predicted octanol–water partition coefficient (Wildman–Crippen LogP) is 1.27. The first-order chi connectivity index (χ1) is 6.70. The van der Waals surface area contributed by atoms with E-state index in [0.717, 1.165) is 18.7 Å². The van der Waals surface area contributed by atoms with Gasteiger partial charge in [-0.15, -0.1) is 0 Å². The molecule has 1 N–H and O–H groups in total. The number of para-hydroxylation sites is 1. The van der Waals surface area contributed by atoms with Crippen molar-refractivity contribution in [2.24, 2.45) is 0 Å². The quantitative estimate of drug-likeness (QED) is 0.726. The predicted molar refractivity (Wildman–Crippen MR) is 56.1 cm³/mol. The molecule has 3 nitrogen and oxygen atoms in total. The maximum Gasteiger partial charge on any atom is 0.121 e. The van der Waals surface area contributed by atoms with E-state index in [2.05, 4.69) is 23.9 Å². The van der Waals surface area contributed by atoms with Crippen LogP contribution in [-0.2, 0) is 0 Å². The van der Waals surface area contributed by atoms with E-state index in [1.54, 1.807) is 6.07 Å². The van der Waals surface area contributed by atoms with Crippen molar-refractivity contribution in [3.63, 3.8) is 0 Å². The van der Waals surface area contributed by atoms with Crippen LogP contribution in [0.1, 0.15) is 11.7 Å². The molecule has 14 heavy (non-hydrogen) atoms. The zero-order valence-electron chi connectivity index (χ0n) is 8.64. The standard InChI is InChI=1S/C11H16N2O/c1-12-7-8-13(2)11(12)9-5-3-4-6-10(9)14/h3-6,11,14H,7-8H2,1-2H3. The molecule has 3 heteroatoms. The van der Waals surface area contributed by atoms with Crippen LogP contribution < -0.4 is 0 Å². The molecule has 0 aliphatic carbocycles. The molecule has 0 atom stereocenters. The smallest absolute Gasteiger partial charge is 0.121 e. The highest BCUT2D eigenvalue weighted by Crippen LogP contribution is 2.32. The van der Waals surface area contributed by atoms with Crippen molar-refractivity contribution in [3.05, 3.63) is 29.8 Å². The summed E-state index contributed by atoms with van der Waals surface area (Å²) in [7, 11) is 4.17. The second-order valence-corrected chi connectivity index (χ2v) is 3.89. The summed E-state index contributed by atoms with van der Waals surface area (Å²) in [6, 6.07) is 7.55. The van der Waals surface area contributed by atoms with Crippen LogP contribution in [0.5, 0.6) is 5.75 Å². The van der Waals surface area contributed by atoms with E-state index in [1.807, 2.05) is 18.2 Å². The van der Waals surface area contributed by atoms with Gasteiger partial charge in [-0.2, -0.15) is 0 Å². The van der Waals surface area contributed by atoms with Gasteiger partial charge in [0.05, 0.1) is 6.17 Å². The molecule has 1 aromatic rings. The first-order valence-corrected chi connectivity index (χ1v) is 4.88. The number of likely N-dealkylation sites (N-methyl/N-ethyl adjacent to an activating group) is 2. The number of phenolic OH excluding ortho intramolecular Hbond substituents is 1. The monoisotopic (exact) mass is 192 g/mol. The van der Waals surface area contributed by atoms with Crippen molar-refractivity contribution in [3.8, 4) is 5.75 Å². The zero-order valence-corrected chi connectivity index (χ0v) is 8.64. The highest BCUT2D eigenvalue weighted by molar-refractivity contribution is 5.34. The molecule has 1 aromatic carbocycles. The van der Waals surface area contributed by atoms with Gasteiger partial charge in [0, 0.05) is 18.7 Å². The van der Waals surface area contributed by atoms with Gasteiger partial charge in [-0.25, -0.2) is 0 Å². The summed E-state index contributed by atoms with van der Waals surface area (Å²) >= 11 is 0. The van der Waals surface area contributed by atoms with Gasteiger partial charge < -0.3 is 5.11 Å². The van der Waals surface area contributed by atoms with Crippen LogP contribution in [0.4, 0.5) is 0 Å². The Morgan fingerprint density at radius 1 is 1.14 bits per heavy atom. The van der Waals surface area contributed by atoms with Crippen molar-refractivity contribution in [1.82, 2.24) is 9.80 Å². The Hall–Kier alpha value is -1.06. The van der Waals surface area contributed by atoms with Crippen LogP contribution in [-0.4, -0.2) is 42.1 Å². The summed E-state index contributed by atoms with van der Waals surface area (Å²) < 4.78 is 0. The second-order valence-electron chi connectivity index (χ2n) is 3.89. The molecule has 2 rings (SSSR count). The average molecular weight is 192 g/mol. The normalized spacial score (nSPS) is 20.4. The number of hydrogen-bond acceptors (Lipinski definition) is 3. The summed E-state index contributed by atoms with van der Waals surface area (Å²) in [5, 5.41) is 9.75. The van der Waals surface area contributed by atoms with E-state index in [0.29, 0.717) is 5.75 Å². The number of nitrogens with zero attached hydrogens (tertiary/aromatic N) is 2. The highest BCUT2D eigenvalue weighted by atomic mass is 16.3. The Labute approximate surface area is 84.6 Å². The molecule has 0 spiro atoms. The topological polar surface area (TPSA) is 26.7 Å². The van der Waals surface area contributed by atoms with E-state index >= 15 is 0 Å². The number of hydrogen-bond donors (Lipinski definition) is 1. The minimum Gasteiger partial charge on any atom is -0.508 e. The van der Waals surface area contributed by atoms with E-state index in [-0.39, 0.29) is 6.17 Å². The summed E-state index contributed by atoms with van der Waals surface area (Å²) in [6.45, 7) is 2.10. The van der Waals surface area contributed by atoms with Gasteiger partial charge in [-0.05, 0) is 20.2 Å². The first kappa shape index (κ1) is 9.49. The summed E-state index contributed by atoms with van der Waals surface area (Å²) in [5.74, 6) is 0.387. The average Bonchev–Trinajstić information content (AvgIpc) is 2.48. The minimum atomic E-state index is 0.219. The third-order valence-corrected chi connectivity index (χ3v) is 2.86. The van der Waals surface area contributed by atoms with Crippen LogP contribution in [0.2, 0.25) is 0 Å². The summed E-state index contributed by atoms with van der Waals surface area (Å²) in [5.41, 5.74) is 0.995. The minimum absolute atomic E-state index is 0.219.